The molecule has 1 atom stereocenters. The number of anilines is 1. The molecule has 2 aromatic carbocycles. The maximum absolute atomic E-state index is 13.8. The first-order valence-corrected chi connectivity index (χ1v) is 6.33. The third-order valence-corrected chi connectivity index (χ3v) is 3.72. The normalized spacial score (nSPS) is 17.4. The predicted molar refractivity (Wildman–Crippen MR) is 72.7 cm³/mol. The molecule has 1 N–H and O–H groups in total. The first-order valence-electron chi connectivity index (χ1n) is 5.95. The lowest BCUT2D eigenvalue weighted by Crippen LogP contribution is -2.05. The van der Waals surface area contributed by atoms with Gasteiger partial charge in [0.1, 0.15) is 5.82 Å². The van der Waals surface area contributed by atoms with Crippen molar-refractivity contribution in [3.63, 3.8) is 0 Å². The first kappa shape index (κ1) is 11.5. The summed E-state index contributed by atoms with van der Waals surface area (Å²) in [6.07, 6.45) is 0.685. The highest BCUT2D eigenvalue weighted by Gasteiger charge is 2.25. The number of nitrogens with one attached hydrogen (secondary N) is 1. The van der Waals surface area contributed by atoms with E-state index in [1.165, 1.54) is 0 Å². The number of fused-ring (bicyclic) bond motifs is 1. The summed E-state index contributed by atoms with van der Waals surface area (Å²) in [6.45, 7) is 2.00. The van der Waals surface area contributed by atoms with Gasteiger partial charge in [0.25, 0.3) is 0 Å². The monoisotopic (exact) mass is 261 g/mol. The molecule has 0 aromatic heterocycles. The molecule has 1 aliphatic rings. The molecule has 2 aromatic rings. The Morgan fingerprint density at radius 1 is 1.17 bits per heavy atom. The van der Waals surface area contributed by atoms with Crippen LogP contribution in [0.1, 0.15) is 22.7 Å². The van der Waals surface area contributed by atoms with Crippen molar-refractivity contribution in [3.8, 4) is 0 Å². The molecule has 0 spiro atoms. The fourth-order valence-corrected chi connectivity index (χ4v) is 2.59. The SMILES string of the molecule is Cc1ccc(F)c2c1NC(c1ccc(Cl)cc1)C2. The van der Waals surface area contributed by atoms with Crippen LogP contribution in [0, 0.1) is 12.7 Å². The summed E-state index contributed by atoms with van der Waals surface area (Å²) in [5.41, 5.74) is 3.95. The van der Waals surface area contributed by atoms with E-state index in [1.807, 2.05) is 37.3 Å². The first-order chi connectivity index (χ1) is 8.65. The third kappa shape index (κ3) is 1.87. The Labute approximate surface area is 111 Å². The van der Waals surface area contributed by atoms with E-state index >= 15 is 0 Å². The van der Waals surface area contributed by atoms with Crippen molar-refractivity contribution < 1.29 is 4.39 Å². The molecule has 0 aliphatic carbocycles. The minimum absolute atomic E-state index is 0.125. The zero-order valence-electron chi connectivity index (χ0n) is 10.0. The Balaban J connectivity index is 1.95. The van der Waals surface area contributed by atoms with E-state index in [2.05, 4.69) is 5.32 Å². The molecule has 1 unspecified atom stereocenters. The average molecular weight is 262 g/mol. The molecule has 0 bridgehead atoms. The van der Waals surface area contributed by atoms with Crippen LogP contribution >= 0.6 is 11.6 Å². The molecule has 3 rings (SSSR count). The zero-order valence-corrected chi connectivity index (χ0v) is 10.8. The Hall–Kier alpha value is -1.54. The summed E-state index contributed by atoms with van der Waals surface area (Å²) < 4.78 is 13.8. The van der Waals surface area contributed by atoms with E-state index in [9.17, 15) is 4.39 Å². The fourth-order valence-electron chi connectivity index (χ4n) is 2.47. The highest BCUT2D eigenvalue weighted by atomic mass is 35.5. The van der Waals surface area contributed by atoms with E-state index < -0.39 is 0 Å². The molecule has 0 saturated heterocycles. The molecule has 92 valence electrons. The largest absolute Gasteiger partial charge is 0.377 e. The van der Waals surface area contributed by atoms with Crippen molar-refractivity contribution in [2.75, 3.05) is 5.32 Å². The highest BCUT2D eigenvalue weighted by Crippen LogP contribution is 2.37. The Bertz CT molecular complexity index is 561. The number of aryl methyl sites for hydroxylation is 1. The number of benzene rings is 2. The van der Waals surface area contributed by atoms with Crippen molar-refractivity contribution in [3.05, 3.63) is 63.9 Å². The van der Waals surface area contributed by atoms with Crippen molar-refractivity contribution >= 4 is 17.3 Å². The van der Waals surface area contributed by atoms with Crippen molar-refractivity contribution in [2.45, 2.75) is 19.4 Å². The van der Waals surface area contributed by atoms with E-state index in [0.29, 0.717) is 6.42 Å². The van der Waals surface area contributed by atoms with Gasteiger partial charge in [-0.2, -0.15) is 0 Å². The lowest BCUT2D eigenvalue weighted by Gasteiger charge is -2.12. The zero-order chi connectivity index (χ0) is 12.7. The van der Waals surface area contributed by atoms with Crippen molar-refractivity contribution in [1.82, 2.24) is 0 Å². The van der Waals surface area contributed by atoms with Crippen LogP contribution < -0.4 is 5.32 Å². The lowest BCUT2D eigenvalue weighted by molar-refractivity contribution is 0.610. The molecule has 0 fully saturated rings. The second-order valence-electron chi connectivity index (χ2n) is 4.67. The molecule has 0 saturated carbocycles. The van der Waals surface area contributed by atoms with Crippen molar-refractivity contribution in [2.24, 2.45) is 0 Å². The van der Waals surface area contributed by atoms with Gasteiger partial charge in [-0.25, -0.2) is 4.39 Å². The second kappa shape index (κ2) is 4.29. The Kier molecular flexibility index (Phi) is 2.75. The summed E-state index contributed by atoms with van der Waals surface area (Å²) in [5, 5.41) is 4.12. The lowest BCUT2D eigenvalue weighted by atomic mass is 10.0. The third-order valence-electron chi connectivity index (χ3n) is 3.46. The van der Waals surface area contributed by atoms with E-state index in [4.69, 9.17) is 11.6 Å². The molecular formula is C15H13ClFN. The van der Waals surface area contributed by atoms with Gasteiger partial charge in [0.2, 0.25) is 0 Å². The summed E-state index contributed by atoms with van der Waals surface area (Å²) in [6, 6.07) is 11.2. The topological polar surface area (TPSA) is 12.0 Å². The van der Waals surface area contributed by atoms with Gasteiger partial charge in [-0.15, -0.1) is 0 Å². The van der Waals surface area contributed by atoms with Gasteiger partial charge >= 0.3 is 0 Å². The maximum atomic E-state index is 13.8. The average Bonchev–Trinajstić information content (AvgIpc) is 2.81. The Morgan fingerprint density at radius 2 is 1.89 bits per heavy atom. The molecule has 1 nitrogen and oxygen atoms in total. The van der Waals surface area contributed by atoms with E-state index in [1.54, 1.807) is 6.07 Å². The highest BCUT2D eigenvalue weighted by molar-refractivity contribution is 6.30. The quantitative estimate of drug-likeness (QED) is 0.797. The minimum atomic E-state index is -0.125. The Morgan fingerprint density at radius 3 is 2.56 bits per heavy atom. The standard InChI is InChI=1S/C15H13ClFN/c1-9-2-7-13(17)12-8-14(18-15(9)12)10-3-5-11(16)6-4-10/h2-7,14,18H,8H2,1H3. The maximum Gasteiger partial charge on any atom is 0.128 e. The summed E-state index contributed by atoms with van der Waals surface area (Å²) >= 11 is 5.88. The van der Waals surface area contributed by atoms with Crippen LogP contribution in [-0.4, -0.2) is 0 Å². The molecule has 0 amide bonds. The molecule has 0 radical (unpaired) electrons. The van der Waals surface area contributed by atoms with Crippen LogP contribution in [0.4, 0.5) is 10.1 Å². The molecule has 18 heavy (non-hydrogen) atoms. The smallest absolute Gasteiger partial charge is 0.128 e. The van der Waals surface area contributed by atoms with Crippen LogP contribution in [0.15, 0.2) is 36.4 Å². The van der Waals surface area contributed by atoms with E-state index in [-0.39, 0.29) is 11.9 Å². The van der Waals surface area contributed by atoms with Crippen LogP contribution in [0.3, 0.4) is 0 Å². The van der Waals surface area contributed by atoms with Gasteiger partial charge < -0.3 is 5.32 Å². The predicted octanol–water partition coefficient (Wildman–Crippen LogP) is 4.50. The van der Waals surface area contributed by atoms with Crippen LogP contribution in [0.5, 0.6) is 0 Å². The summed E-state index contributed by atoms with van der Waals surface area (Å²) in [7, 11) is 0. The number of hydrogen-bond donors (Lipinski definition) is 1. The van der Waals surface area contributed by atoms with E-state index in [0.717, 1.165) is 27.4 Å². The van der Waals surface area contributed by atoms with Crippen LogP contribution in [-0.2, 0) is 6.42 Å². The van der Waals surface area contributed by atoms with Crippen LogP contribution in [0.2, 0.25) is 5.02 Å². The number of hydrogen-bond acceptors (Lipinski definition) is 1. The second-order valence-corrected chi connectivity index (χ2v) is 5.11. The van der Waals surface area contributed by atoms with Crippen LogP contribution in [0.25, 0.3) is 0 Å². The van der Waals surface area contributed by atoms with Gasteiger partial charge in [-0.1, -0.05) is 29.8 Å². The minimum Gasteiger partial charge on any atom is -0.377 e. The van der Waals surface area contributed by atoms with Gasteiger partial charge in [-0.3, -0.25) is 0 Å². The van der Waals surface area contributed by atoms with Crippen molar-refractivity contribution in [1.29, 1.82) is 0 Å². The van der Waals surface area contributed by atoms with Gasteiger partial charge in [-0.05, 0) is 36.2 Å². The summed E-state index contributed by atoms with van der Waals surface area (Å²) in [5.74, 6) is -0.125. The molecule has 1 heterocycles. The van der Waals surface area contributed by atoms with Gasteiger partial charge in [0.15, 0.2) is 0 Å². The summed E-state index contributed by atoms with van der Waals surface area (Å²) in [4.78, 5) is 0. The number of rotatable bonds is 1. The van der Waals surface area contributed by atoms with Gasteiger partial charge in [0.05, 0.1) is 6.04 Å². The molecule has 1 aliphatic heterocycles. The fraction of sp³-hybridized carbons (Fsp3) is 0.200. The molecule has 3 heteroatoms. The molecular weight excluding hydrogens is 249 g/mol. The number of halogens is 2. The van der Waals surface area contributed by atoms with Gasteiger partial charge in [0, 0.05) is 22.7 Å².